The molecule has 2 aromatic rings. The van der Waals surface area contributed by atoms with E-state index in [0.717, 1.165) is 10.7 Å². The number of thiazole rings is 1. The van der Waals surface area contributed by atoms with Gasteiger partial charge in [0.25, 0.3) is 5.91 Å². The van der Waals surface area contributed by atoms with E-state index in [1.165, 1.54) is 24.3 Å². The molecular weight excluding hydrogens is 303 g/mol. The van der Waals surface area contributed by atoms with E-state index in [2.05, 4.69) is 10.3 Å². The molecule has 0 spiro atoms. The fourth-order valence-electron chi connectivity index (χ4n) is 1.95. The maximum Gasteiger partial charge on any atom is 0.261 e. The molecule has 0 saturated heterocycles. The molecule has 1 N–H and O–H groups in total. The van der Waals surface area contributed by atoms with Crippen molar-refractivity contribution >= 4 is 17.2 Å². The van der Waals surface area contributed by atoms with Crippen LogP contribution in [0.5, 0.6) is 5.75 Å². The zero-order valence-corrected chi connectivity index (χ0v) is 13.5. The quantitative estimate of drug-likeness (QED) is 0.852. The van der Waals surface area contributed by atoms with Crippen LogP contribution in [-0.4, -0.2) is 23.5 Å². The zero-order valence-electron chi connectivity index (χ0n) is 12.6. The van der Waals surface area contributed by atoms with Crippen molar-refractivity contribution in [3.05, 3.63) is 46.2 Å². The van der Waals surface area contributed by atoms with Crippen LogP contribution in [0.25, 0.3) is 0 Å². The number of ether oxygens (including phenoxy) is 1. The Hall–Kier alpha value is -1.95. The van der Waals surface area contributed by atoms with Gasteiger partial charge in [-0.25, -0.2) is 9.37 Å². The summed E-state index contributed by atoms with van der Waals surface area (Å²) >= 11 is 1.60. The van der Waals surface area contributed by atoms with Gasteiger partial charge in [0.15, 0.2) is 6.10 Å². The van der Waals surface area contributed by atoms with Crippen LogP contribution in [0.1, 0.15) is 24.0 Å². The standard InChI is InChI=1S/C16H19FN2O2S/c1-3-15(21-14-6-4-12(17)5-7-14)16(20)18-9-8-13-10-22-11(2)19-13/h4-7,10,15H,3,8-9H2,1-2H3,(H,18,20). The van der Waals surface area contributed by atoms with Crippen LogP contribution in [0, 0.1) is 12.7 Å². The number of carbonyl (C=O) groups excluding carboxylic acids is 1. The average Bonchev–Trinajstić information content (AvgIpc) is 2.92. The van der Waals surface area contributed by atoms with Gasteiger partial charge in [0.1, 0.15) is 11.6 Å². The molecule has 0 aliphatic carbocycles. The second-order valence-corrected chi connectivity index (χ2v) is 5.93. The Morgan fingerprint density at radius 3 is 2.73 bits per heavy atom. The summed E-state index contributed by atoms with van der Waals surface area (Å²) in [5, 5.41) is 5.86. The maximum absolute atomic E-state index is 12.9. The summed E-state index contributed by atoms with van der Waals surface area (Å²) in [6.45, 7) is 4.35. The third-order valence-electron chi connectivity index (χ3n) is 3.10. The van der Waals surface area contributed by atoms with E-state index >= 15 is 0 Å². The fraction of sp³-hybridized carbons (Fsp3) is 0.375. The van der Waals surface area contributed by atoms with E-state index in [1.807, 2.05) is 19.2 Å². The van der Waals surface area contributed by atoms with E-state index in [-0.39, 0.29) is 11.7 Å². The number of rotatable bonds is 7. The number of nitrogens with zero attached hydrogens (tertiary/aromatic N) is 1. The Morgan fingerprint density at radius 2 is 2.14 bits per heavy atom. The lowest BCUT2D eigenvalue weighted by Crippen LogP contribution is -2.38. The molecule has 1 atom stereocenters. The highest BCUT2D eigenvalue weighted by molar-refractivity contribution is 7.09. The Labute approximate surface area is 133 Å². The Kier molecular flexibility index (Phi) is 5.89. The molecule has 1 aromatic heterocycles. The largest absolute Gasteiger partial charge is 0.481 e. The lowest BCUT2D eigenvalue weighted by molar-refractivity contribution is -0.128. The van der Waals surface area contributed by atoms with Crippen molar-refractivity contribution in [1.29, 1.82) is 0 Å². The molecule has 0 aliphatic rings. The number of nitrogens with one attached hydrogen (secondary N) is 1. The number of amides is 1. The smallest absolute Gasteiger partial charge is 0.261 e. The Bertz CT molecular complexity index is 613. The highest BCUT2D eigenvalue weighted by Crippen LogP contribution is 2.14. The van der Waals surface area contributed by atoms with Gasteiger partial charge in [-0.05, 0) is 37.6 Å². The second-order valence-electron chi connectivity index (χ2n) is 4.87. The molecular formula is C16H19FN2O2S. The van der Waals surface area contributed by atoms with Crippen LogP contribution in [0.3, 0.4) is 0 Å². The fourth-order valence-corrected chi connectivity index (χ4v) is 2.60. The van der Waals surface area contributed by atoms with Crippen LogP contribution in [-0.2, 0) is 11.2 Å². The van der Waals surface area contributed by atoms with Gasteiger partial charge >= 0.3 is 0 Å². The lowest BCUT2D eigenvalue weighted by Gasteiger charge is -2.17. The van der Waals surface area contributed by atoms with Crippen molar-refractivity contribution in [2.75, 3.05) is 6.54 Å². The summed E-state index contributed by atoms with van der Waals surface area (Å²) < 4.78 is 18.4. The van der Waals surface area contributed by atoms with Crippen molar-refractivity contribution < 1.29 is 13.9 Å². The molecule has 0 fully saturated rings. The third-order valence-corrected chi connectivity index (χ3v) is 3.92. The molecule has 1 aromatic carbocycles. The van der Waals surface area contributed by atoms with E-state index in [9.17, 15) is 9.18 Å². The lowest BCUT2D eigenvalue weighted by atomic mass is 10.2. The number of carbonyl (C=O) groups is 1. The number of aryl methyl sites for hydroxylation is 1. The van der Waals surface area contributed by atoms with E-state index in [4.69, 9.17) is 4.74 Å². The van der Waals surface area contributed by atoms with Crippen molar-refractivity contribution in [2.45, 2.75) is 32.8 Å². The number of aromatic nitrogens is 1. The first-order valence-electron chi connectivity index (χ1n) is 7.19. The molecule has 1 amide bonds. The molecule has 2 rings (SSSR count). The predicted molar refractivity (Wildman–Crippen MR) is 84.7 cm³/mol. The SMILES string of the molecule is CCC(Oc1ccc(F)cc1)C(=O)NCCc1csc(C)n1. The zero-order chi connectivity index (χ0) is 15.9. The highest BCUT2D eigenvalue weighted by Gasteiger charge is 2.17. The number of benzene rings is 1. The monoisotopic (exact) mass is 322 g/mol. The summed E-state index contributed by atoms with van der Waals surface area (Å²) in [6.07, 6.45) is 0.657. The Balaban J connectivity index is 1.82. The van der Waals surface area contributed by atoms with Crippen molar-refractivity contribution in [3.63, 3.8) is 0 Å². The Morgan fingerprint density at radius 1 is 1.41 bits per heavy atom. The molecule has 118 valence electrons. The first kappa shape index (κ1) is 16.4. The first-order valence-corrected chi connectivity index (χ1v) is 8.07. The molecule has 22 heavy (non-hydrogen) atoms. The van der Waals surface area contributed by atoms with Crippen LogP contribution >= 0.6 is 11.3 Å². The minimum Gasteiger partial charge on any atom is -0.481 e. The molecule has 0 saturated carbocycles. The average molecular weight is 322 g/mol. The van der Waals surface area contributed by atoms with Gasteiger partial charge in [-0.1, -0.05) is 6.92 Å². The predicted octanol–water partition coefficient (Wildman–Crippen LogP) is 3.11. The summed E-state index contributed by atoms with van der Waals surface area (Å²) in [4.78, 5) is 16.5. The molecule has 1 unspecified atom stereocenters. The van der Waals surface area contributed by atoms with Gasteiger partial charge in [-0.15, -0.1) is 11.3 Å². The number of hydrogen-bond acceptors (Lipinski definition) is 4. The van der Waals surface area contributed by atoms with Gasteiger partial charge < -0.3 is 10.1 Å². The van der Waals surface area contributed by atoms with Crippen LogP contribution in [0.15, 0.2) is 29.6 Å². The minimum atomic E-state index is -0.581. The van der Waals surface area contributed by atoms with Crippen LogP contribution in [0.4, 0.5) is 4.39 Å². The third kappa shape index (κ3) is 4.80. The van der Waals surface area contributed by atoms with Gasteiger partial charge in [-0.3, -0.25) is 4.79 Å². The molecule has 0 bridgehead atoms. The molecule has 0 aliphatic heterocycles. The normalized spacial score (nSPS) is 12.0. The summed E-state index contributed by atoms with van der Waals surface area (Å²) in [7, 11) is 0. The van der Waals surface area contributed by atoms with E-state index < -0.39 is 6.10 Å². The first-order chi connectivity index (χ1) is 10.6. The van der Waals surface area contributed by atoms with Crippen molar-refractivity contribution in [3.8, 4) is 5.75 Å². The second kappa shape index (κ2) is 7.89. The molecule has 6 heteroatoms. The van der Waals surface area contributed by atoms with Crippen molar-refractivity contribution in [2.24, 2.45) is 0 Å². The summed E-state index contributed by atoms with van der Waals surface area (Å²) in [6, 6.07) is 5.65. The summed E-state index contributed by atoms with van der Waals surface area (Å²) in [5.74, 6) is -0.0132. The number of hydrogen-bond donors (Lipinski definition) is 1. The molecule has 1 heterocycles. The van der Waals surface area contributed by atoms with Gasteiger partial charge in [0, 0.05) is 18.3 Å². The summed E-state index contributed by atoms with van der Waals surface area (Å²) in [5.41, 5.74) is 0.982. The van der Waals surface area contributed by atoms with Gasteiger partial charge in [0.2, 0.25) is 0 Å². The van der Waals surface area contributed by atoms with Crippen molar-refractivity contribution in [1.82, 2.24) is 10.3 Å². The van der Waals surface area contributed by atoms with E-state index in [1.54, 1.807) is 11.3 Å². The number of halogens is 1. The van der Waals surface area contributed by atoms with Crippen LogP contribution in [0.2, 0.25) is 0 Å². The topological polar surface area (TPSA) is 51.2 Å². The van der Waals surface area contributed by atoms with Gasteiger partial charge in [0.05, 0.1) is 10.7 Å². The van der Waals surface area contributed by atoms with Crippen LogP contribution < -0.4 is 10.1 Å². The van der Waals surface area contributed by atoms with Gasteiger partial charge in [-0.2, -0.15) is 0 Å². The highest BCUT2D eigenvalue weighted by atomic mass is 32.1. The van der Waals surface area contributed by atoms with E-state index in [0.29, 0.717) is 25.1 Å². The molecule has 0 radical (unpaired) electrons. The minimum absolute atomic E-state index is 0.168. The maximum atomic E-state index is 12.9. The molecule has 4 nitrogen and oxygen atoms in total.